The molecule has 0 saturated heterocycles. The number of nitrogens with one attached hydrogen (secondary N) is 1. The molecule has 0 spiro atoms. The number of para-hydroxylation sites is 1. The maximum absolute atomic E-state index is 6.13. The van der Waals surface area contributed by atoms with Crippen LogP contribution in [0.2, 0.25) is 0 Å². The van der Waals surface area contributed by atoms with E-state index >= 15 is 0 Å². The largest absolute Gasteiger partial charge is 0.382 e. The Morgan fingerprint density at radius 1 is 0.958 bits per heavy atom. The van der Waals surface area contributed by atoms with Crippen LogP contribution < -0.4 is 5.73 Å². The zero-order valence-corrected chi connectivity index (χ0v) is 12.8. The first-order valence-corrected chi connectivity index (χ1v) is 7.60. The molecule has 0 unspecified atom stereocenters. The normalized spacial score (nSPS) is 11.8. The van der Waals surface area contributed by atoms with Crippen LogP contribution in [0.1, 0.15) is 5.69 Å². The van der Waals surface area contributed by atoms with Gasteiger partial charge in [-0.15, -0.1) is 0 Å². The van der Waals surface area contributed by atoms with E-state index in [1.54, 1.807) is 6.20 Å². The molecule has 0 aliphatic heterocycles. The van der Waals surface area contributed by atoms with Gasteiger partial charge in [-0.2, -0.15) is 5.10 Å². The van der Waals surface area contributed by atoms with E-state index in [1.807, 2.05) is 66.7 Å². The molecule has 5 nitrogen and oxygen atoms in total. The predicted octanol–water partition coefficient (Wildman–Crippen LogP) is 3.66. The van der Waals surface area contributed by atoms with Gasteiger partial charge in [-0.3, -0.25) is 10.1 Å². The van der Waals surface area contributed by atoms with E-state index in [4.69, 9.17) is 5.73 Å². The Labute approximate surface area is 138 Å². The standard InChI is InChI=1S/C19H15N5/c20-19(22-14-9-5-2-6-10-14)16-11-15-17(12-21-16)23-24-18(15)13-7-3-1-4-8-13/h1-12H,(H2,20,22)(H,23,24). The number of hydrogen-bond acceptors (Lipinski definition) is 3. The third-order valence-electron chi connectivity index (χ3n) is 3.76. The fourth-order valence-corrected chi connectivity index (χ4v) is 2.57. The molecule has 116 valence electrons. The molecule has 0 aliphatic rings. The van der Waals surface area contributed by atoms with Crippen LogP contribution in [0, 0.1) is 0 Å². The topological polar surface area (TPSA) is 80.0 Å². The van der Waals surface area contributed by atoms with Crippen molar-refractivity contribution in [2.24, 2.45) is 10.7 Å². The van der Waals surface area contributed by atoms with Gasteiger partial charge in [0.25, 0.3) is 0 Å². The lowest BCUT2D eigenvalue weighted by molar-refractivity contribution is 1.12. The van der Waals surface area contributed by atoms with E-state index < -0.39 is 0 Å². The van der Waals surface area contributed by atoms with Gasteiger partial charge in [0.1, 0.15) is 17.2 Å². The van der Waals surface area contributed by atoms with Crippen molar-refractivity contribution >= 4 is 22.4 Å². The summed E-state index contributed by atoms with van der Waals surface area (Å²) >= 11 is 0. The van der Waals surface area contributed by atoms with Crippen LogP contribution in [0.4, 0.5) is 5.69 Å². The molecule has 2 aromatic carbocycles. The lowest BCUT2D eigenvalue weighted by atomic mass is 10.1. The SMILES string of the molecule is NC(=Nc1ccccc1)c1cc2c(-c3ccccc3)n[nH]c2cn1. The van der Waals surface area contributed by atoms with Crippen molar-refractivity contribution in [2.75, 3.05) is 0 Å². The molecule has 3 N–H and O–H groups in total. The van der Waals surface area contributed by atoms with Gasteiger partial charge in [0.05, 0.1) is 17.4 Å². The summed E-state index contributed by atoms with van der Waals surface area (Å²) in [4.78, 5) is 8.81. The average Bonchev–Trinajstić information content (AvgIpc) is 3.06. The lowest BCUT2D eigenvalue weighted by Crippen LogP contribution is -2.14. The molecule has 0 amide bonds. The highest BCUT2D eigenvalue weighted by Gasteiger charge is 2.10. The van der Waals surface area contributed by atoms with Crippen LogP contribution in [-0.2, 0) is 0 Å². The van der Waals surface area contributed by atoms with Crippen LogP contribution in [0.3, 0.4) is 0 Å². The van der Waals surface area contributed by atoms with Crippen LogP contribution >= 0.6 is 0 Å². The van der Waals surface area contributed by atoms with Crippen LogP contribution in [0.5, 0.6) is 0 Å². The molecule has 0 radical (unpaired) electrons. The number of benzene rings is 2. The third-order valence-corrected chi connectivity index (χ3v) is 3.76. The van der Waals surface area contributed by atoms with Crippen molar-refractivity contribution in [1.29, 1.82) is 0 Å². The summed E-state index contributed by atoms with van der Waals surface area (Å²) in [5, 5.41) is 8.38. The second-order valence-electron chi connectivity index (χ2n) is 5.39. The maximum Gasteiger partial charge on any atom is 0.150 e. The zero-order valence-electron chi connectivity index (χ0n) is 12.8. The van der Waals surface area contributed by atoms with Crippen molar-refractivity contribution in [2.45, 2.75) is 0 Å². The molecule has 0 saturated carbocycles. The Morgan fingerprint density at radius 3 is 2.42 bits per heavy atom. The number of nitrogens with two attached hydrogens (primary N) is 1. The van der Waals surface area contributed by atoms with Crippen molar-refractivity contribution in [3.8, 4) is 11.3 Å². The monoisotopic (exact) mass is 313 g/mol. The zero-order chi connectivity index (χ0) is 16.4. The molecule has 5 heteroatoms. The second kappa shape index (κ2) is 5.96. The van der Waals surface area contributed by atoms with Gasteiger partial charge >= 0.3 is 0 Å². The summed E-state index contributed by atoms with van der Waals surface area (Å²) in [7, 11) is 0. The Balaban J connectivity index is 1.79. The molecular formula is C19H15N5. The third kappa shape index (κ3) is 2.63. The number of amidine groups is 1. The molecule has 0 fully saturated rings. The van der Waals surface area contributed by atoms with Crippen molar-refractivity contribution in [1.82, 2.24) is 15.2 Å². The van der Waals surface area contributed by atoms with E-state index in [0.29, 0.717) is 11.5 Å². The first kappa shape index (κ1) is 14.1. The molecular weight excluding hydrogens is 298 g/mol. The van der Waals surface area contributed by atoms with Gasteiger partial charge in [0.2, 0.25) is 0 Å². The predicted molar refractivity (Wildman–Crippen MR) is 96.2 cm³/mol. The number of nitrogens with zero attached hydrogens (tertiary/aromatic N) is 3. The van der Waals surface area contributed by atoms with E-state index in [0.717, 1.165) is 27.8 Å². The quantitative estimate of drug-likeness (QED) is 0.447. The summed E-state index contributed by atoms with van der Waals surface area (Å²) in [6.45, 7) is 0. The number of aromatic amines is 1. The van der Waals surface area contributed by atoms with E-state index in [9.17, 15) is 0 Å². The highest BCUT2D eigenvalue weighted by molar-refractivity contribution is 6.02. The van der Waals surface area contributed by atoms with Gasteiger partial charge in [0.15, 0.2) is 0 Å². The van der Waals surface area contributed by atoms with Crippen LogP contribution in [-0.4, -0.2) is 21.0 Å². The summed E-state index contributed by atoms with van der Waals surface area (Å²) in [5.41, 5.74) is 10.3. The number of H-pyrrole nitrogens is 1. The minimum absolute atomic E-state index is 0.378. The van der Waals surface area contributed by atoms with Crippen LogP contribution in [0.15, 0.2) is 77.9 Å². The Hall–Kier alpha value is -3.47. The summed E-state index contributed by atoms with van der Waals surface area (Å²) < 4.78 is 0. The minimum atomic E-state index is 0.378. The molecule has 2 heterocycles. The average molecular weight is 313 g/mol. The summed E-state index contributed by atoms with van der Waals surface area (Å²) in [6.07, 6.45) is 1.73. The minimum Gasteiger partial charge on any atom is -0.382 e. The molecule has 0 aliphatic carbocycles. The van der Waals surface area contributed by atoms with Gasteiger partial charge in [-0.05, 0) is 18.2 Å². The lowest BCUT2D eigenvalue weighted by Gasteiger charge is -2.02. The number of rotatable bonds is 3. The Morgan fingerprint density at radius 2 is 1.67 bits per heavy atom. The first-order valence-electron chi connectivity index (χ1n) is 7.60. The number of aliphatic imine (C=N–C) groups is 1. The summed E-state index contributed by atoms with van der Waals surface area (Å²) in [6, 6.07) is 21.5. The maximum atomic E-state index is 6.13. The fourth-order valence-electron chi connectivity index (χ4n) is 2.57. The first-order chi connectivity index (χ1) is 11.8. The Bertz CT molecular complexity index is 1000. The highest BCUT2D eigenvalue weighted by Crippen LogP contribution is 2.26. The number of aromatic nitrogens is 3. The van der Waals surface area contributed by atoms with E-state index in [1.165, 1.54) is 0 Å². The van der Waals surface area contributed by atoms with Crippen molar-refractivity contribution < 1.29 is 0 Å². The summed E-state index contributed by atoms with van der Waals surface area (Å²) in [5.74, 6) is 0.378. The van der Waals surface area contributed by atoms with E-state index in [2.05, 4.69) is 20.2 Å². The van der Waals surface area contributed by atoms with Crippen molar-refractivity contribution in [3.63, 3.8) is 0 Å². The molecule has 0 atom stereocenters. The van der Waals surface area contributed by atoms with Gasteiger partial charge < -0.3 is 5.73 Å². The van der Waals surface area contributed by atoms with Gasteiger partial charge in [-0.1, -0.05) is 48.5 Å². The van der Waals surface area contributed by atoms with Gasteiger partial charge in [-0.25, -0.2) is 4.99 Å². The molecule has 4 aromatic rings. The Kier molecular flexibility index (Phi) is 3.51. The number of pyridine rings is 1. The number of hydrogen-bond donors (Lipinski definition) is 2. The highest BCUT2D eigenvalue weighted by atomic mass is 15.1. The molecule has 2 aromatic heterocycles. The molecule has 4 rings (SSSR count). The fraction of sp³-hybridized carbons (Fsp3) is 0. The smallest absolute Gasteiger partial charge is 0.150 e. The molecule has 0 bridgehead atoms. The van der Waals surface area contributed by atoms with Crippen molar-refractivity contribution in [3.05, 3.63) is 78.6 Å². The van der Waals surface area contributed by atoms with Gasteiger partial charge in [0, 0.05) is 10.9 Å². The van der Waals surface area contributed by atoms with Crippen LogP contribution in [0.25, 0.3) is 22.2 Å². The second-order valence-corrected chi connectivity index (χ2v) is 5.39. The van der Waals surface area contributed by atoms with E-state index in [-0.39, 0.29) is 0 Å². The molecule has 24 heavy (non-hydrogen) atoms. The number of fused-ring (bicyclic) bond motifs is 1.